The molecular weight excluding hydrogens is 210 g/mol. The van der Waals surface area contributed by atoms with Crippen molar-refractivity contribution in [2.45, 2.75) is 63.8 Å². The van der Waals surface area contributed by atoms with Gasteiger partial charge >= 0.3 is 0 Å². The van der Waals surface area contributed by atoms with Crippen LogP contribution in [-0.2, 0) is 12.8 Å². The van der Waals surface area contributed by atoms with Gasteiger partial charge in [-0.3, -0.25) is 0 Å². The van der Waals surface area contributed by atoms with E-state index in [-0.39, 0.29) is 0 Å². The van der Waals surface area contributed by atoms with Crippen LogP contribution >= 0.6 is 0 Å². The predicted octanol–water partition coefficient (Wildman–Crippen LogP) is 3.10. The van der Waals surface area contributed by atoms with Crippen LogP contribution in [0.5, 0.6) is 0 Å². The number of aromatic nitrogens is 2. The summed E-state index contributed by atoms with van der Waals surface area (Å²) >= 11 is 0. The minimum absolute atomic E-state index is 0.636. The molecule has 0 aromatic carbocycles. The van der Waals surface area contributed by atoms with Gasteiger partial charge in [-0.25, -0.2) is 9.97 Å². The first-order valence-corrected chi connectivity index (χ1v) is 7.03. The molecule has 1 aromatic rings. The third kappa shape index (κ3) is 2.43. The maximum Gasteiger partial charge on any atom is 0.133 e. The van der Waals surface area contributed by atoms with Crippen LogP contribution < -0.4 is 5.32 Å². The topological polar surface area (TPSA) is 37.8 Å². The lowest BCUT2D eigenvalue weighted by atomic mass is 10.1. The Balaban J connectivity index is 1.74. The molecule has 92 valence electrons. The molecular formula is C14H21N3. The molecule has 0 saturated heterocycles. The van der Waals surface area contributed by atoms with Crippen molar-refractivity contribution in [3.8, 4) is 0 Å². The molecule has 1 N–H and O–H groups in total. The normalized spacial score (nSPS) is 20.9. The largest absolute Gasteiger partial charge is 0.367 e. The van der Waals surface area contributed by atoms with Crippen molar-refractivity contribution >= 4 is 5.82 Å². The number of fused-ring (bicyclic) bond motifs is 1. The Morgan fingerprint density at radius 1 is 0.941 bits per heavy atom. The number of nitrogens with zero attached hydrogens (tertiary/aromatic N) is 2. The molecule has 2 aliphatic carbocycles. The summed E-state index contributed by atoms with van der Waals surface area (Å²) in [6, 6.07) is 0.636. The molecule has 0 radical (unpaired) electrons. The first kappa shape index (κ1) is 11.0. The van der Waals surface area contributed by atoms with Crippen molar-refractivity contribution in [2.75, 3.05) is 5.32 Å². The van der Waals surface area contributed by atoms with Crippen LogP contribution in [0, 0.1) is 0 Å². The van der Waals surface area contributed by atoms with E-state index in [2.05, 4.69) is 15.3 Å². The van der Waals surface area contributed by atoms with Crippen LogP contribution in [-0.4, -0.2) is 16.0 Å². The zero-order valence-corrected chi connectivity index (χ0v) is 10.4. The van der Waals surface area contributed by atoms with Gasteiger partial charge in [-0.05, 0) is 32.1 Å². The summed E-state index contributed by atoms with van der Waals surface area (Å²) in [4.78, 5) is 8.83. The highest BCUT2D eigenvalue weighted by atomic mass is 15.0. The molecule has 1 saturated carbocycles. The van der Waals surface area contributed by atoms with Gasteiger partial charge in [-0.15, -0.1) is 0 Å². The molecule has 0 aliphatic heterocycles. The van der Waals surface area contributed by atoms with E-state index in [1.807, 2.05) is 0 Å². The number of aryl methyl sites for hydroxylation is 1. The van der Waals surface area contributed by atoms with Gasteiger partial charge in [0.05, 0.1) is 0 Å². The van der Waals surface area contributed by atoms with E-state index in [0.717, 1.165) is 18.7 Å². The lowest BCUT2D eigenvalue weighted by molar-refractivity contribution is 0.616. The van der Waals surface area contributed by atoms with Crippen molar-refractivity contribution in [3.63, 3.8) is 0 Å². The summed E-state index contributed by atoms with van der Waals surface area (Å²) in [7, 11) is 0. The molecule has 0 unspecified atom stereocenters. The minimum atomic E-state index is 0.636. The smallest absolute Gasteiger partial charge is 0.133 e. The van der Waals surface area contributed by atoms with Gasteiger partial charge in [0.1, 0.15) is 12.1 Å². The number of hydrogen-bond donors (Lipinski definition) is 1. The molecule has 0 amide bonds. The van der Waals surface area contributed by atoms with Crippen LogP contribution in [0.1, 0.15) is 56.2 Å². The summed E-state index contributed by atoms with van der Waals surface area (Å²) in [6.45, 7) is 0. The first-order valence-electron chi connectivity index (χ1n) is 7.03. The lowest BCUT2D eigenvalue weighted by Crippen LogP contribution is -2.20. The van der Waals surface area contributed by atoms with E-state index in [1.165, 1.54) is 56.2 Å². The Morgan fingerprint density at radius 3 is 2.59 bits per heavy atom. The van der Waals surface area contributed by atoms with Crippen LogP contribution in [0.3, 0.4) is 0 Å². The van der Waals surface area contributed by atoms with E-state index in [1.54, 1.807) is 6.33 Å². The Kier molecular flexibility index (Phi) is 3.25. The number of rotatable bonds is 2. The van der Waals surface area contributed by atoms with E-state index in [9.17, 15) is 0 Å². The fourth-order valence-electron chi connectivity index (χ4n) is 3.10. The number of hydrogen-bond acceptors (Lipinski definition) is 3. The monoisotopic (exact) mass is 231 g/mol. The maximum atomic E-state index is 4.45. The van der Waals surface area contributed by atoms with Crippen molar-refractivity contribution in [2.24, 2.45) is 0 Å². The van der Waals surface area contributed by atoms with Crippen LogP contribution in [0.4, 0.5) is 5.82 Å². The molecule has 2 aliphatic rings. The van der Waals surface area contributed by atoms with Crippen molar-refractivity contribution in [1.82, 2.24) is 9.97 Å². The Labute approximate surface area is 103 Å². The highest BCUT2D eigenvalue weighted by Gasteiger charge is 2.19. The second-order valence-corrected chi connectivity index (χ2v) is 5.33. The molecule has 1 aromatic heterocycles. The fourth-order valence-corrected chi connectivity index (χ4v) is 3.10. The average molecular weight is 231 g/mol. The Bertz CT molecular complexity index is 381. The summed E-state index contributed by atoms with van der Waals surface area (Å²) in [6.07, 6.45) is 13.4. The van der Waals surface area contributed by atoms with Gasteiger partial charge in [0.2, 0.25) is 0 Å². The van der Waals surface area contributed by atoms with Crippen molar-refractivity contribution < 1.29 is 0 Å². The zero-order valence-electron chi connectivity index (χ0n) is 10.4. The summed E-state index contributed by atoms with van der Waals surface area (Å²) in [5.41, 5.74) is 2.66. The van der Waals surface area contributed by atoms with Gasteiger partial charge in [0, 0.05) is 17.3 Å². The Hall–Kier alpha value is -1.12. The van der Waals surface area contributed by atoms with Crippen molar-refractivity contribution in [3.05, 3.63) is 17.6 Å². The number of anilines is 1. The van der Waals surface area contributed by atoms with E-state index < -0.39 is 0 Å². The second kappa shape index (κ2) is 5.03. The lowest BCUT2D eigenvalue weighted by Gasteiger charge is -2.18. The molecule has 17 heavy (non-hydrogen) atoms. The molecule has 0 spiro atoms. The molecule has 0 bridgehead atoms. The summed E-state index contributed by atoms with van der Waals surface area (Å²) in [5, 5.41) is 3.67. The molecule has 1 fully saturated rings. The third-order valence-corrected chi connectivity index (χ3v) is 4.07. The predicted molar refractivity (Wildman–Crippen MR) is 69.2 cm³/mol. The molecule has 3 nitrogen and oxygen atoms in total. The SMILES string of the molecule is c1nc2c(c(NC3CCCCCC3)n1)CCC2. The van der Waals surface area contributed by atoms with Crippen LogP contribution in [0.2, 0.25) is 0 Å². The molecule has 1 heterocycles. The summed E-state index contributed by atoms with van der Waals surface area (Å²) < 4.78 is 0. The first-order chi connectivity index (χ1) is 8.43. The fraction of sp³-hybridized carbons (Fsp3) is 0.714. The van der Waals surface area contributed by atoms with E-state index >= 15 is 0 Å². The average Bonchev–Trinajstić information content (AvgIpc) is 2.69. The van der Waals surface area contributed by atoms with Gasteiger partial charge in [-0.2, -0.15) is 0 Å². The van der Waals surface area contributed by atoms with Gasteiger partial charge in [-0.1, -0.05) is 25.7 Å². The maximum absolute atomic E-state index is 4.45. The molecule has 3 heteroatoms. The van der Waals surface area contributed by atoms with E-state index in [0.29, 0.717) is 6.04 Å². The Morgan fingerprint density at radius 2 is 1.76 bits per heavy atom. The minimum Gasteiger partial charge on any atom is -0.367 e. The highest BCUT2D eigenvalue weighted by Crippen LogP contribution is 2.27. The molecule has 3 rings (SSSR count). The standard InChI is InChI=1S/C14H21N3/c1-2-4-7-11(6-3-1)17-14-12-8-5-9-13(12)15-10-16-14/h10-11H,1-9H2,(H,15,16,17). The van der Waals surface area contributed by atoms with Gasteiger partial charge in [0.25, 0.3) is 0 Å². The van der Waals surface area contributed by atoms with Crippen LogP contribution in [0.25, 0.3) is 0 Å². The van der Waals surface area contributed by atoms with Gasteiger partial charge < -0.3 is 5.32 Å². The summed E-state index contributed by atoms with van der Waals surface area (Å²) in [5.74, 6) is 1.12. The highest BCUT2D eigenvalue weighted by molar-refractivity contribution is 5.48. The quantitative estimate of drug-likeness (QED) is 0.795. The second-order valence-electron chi connectivity index (χ2n) is 5.33. The van der Waals surface area contributed by atoms with E-state index in [4.69, 9.17) is 0 Å². The van der Waals surface area contributed by atoms with Crippen molar-refractivity contribution in [1.29, 1.82) is 0 Å². The third-order valence-electron chi connectivity index (χ3n) is 4.07. The van der Waals surface area contributed by atoms with Crippen LogP contribution in [0.15, 0.2) is 6.33 Å². The molecule has 0 atom stereocenters. The van der Waals surface area contributed by atoms with Gasteiger partial charge in [0.15, 0.2) is 0 Å². The zero-order chi connectivity index (χ0) is 11.5. The number of nitrogens with one attached hydrogen (secondary N) is 1.